The van der Waals surface area contributed by atoms with Crippen molar-refractivity contribution < 1.29 is 18.9 Å². The Balaban J connectivity index is 1.89. The van der Waals surface area contributed by atoms with Crippen molar-refractivity contribution >= 4 is 17.3 Å². The van der Waals surface area contributed by atoms with Crippen molar-refractivity contribution in [3.05, 3.63) is 70.7 Å². The molecule has 0 saturated carbocycles. The molecule has 1 aromatic carbocycles. The fourth-order valence-corrected chi connectivity index (χ4v) is 2.23. The molecule has 8 nitrogen and oxygen atoms in total. The van der Waals surface area contributed by atoms with E-state index in [9.17, 15) is 14.9 Å². The molecule has 2 heterocycles. The number of amides is 1. The van der Waals surface area contributed by atoms with Crippen LogP contribution in [0.15, 0.2) is 59.3 Å². The normalized spacial score (nSPS) is 10.3. The monoisotopic (exact) mass is 339 g/mol. The van der Waals surface area contributed by atoms with Crippen LogP contribution >= 0.6 is 0 Å². The van der Waals surface area contributed by atoms with Gasteiger partial charge < -0.3 is 14.5 Å². The average molecular weight is 339 g/mol. The molecule has 2 aromatic heterocycles. The van der Waals surface area contributed by atoms with E-state index in [4.69, 9.17) is 9.15 Å². The topological polar surface area (TPSA) is 108 Å². The van der Waals surface area contributed by atoms with Gasteiger partial charge in [-0.05, 0) is 36.4 Å². The van der Waals surface area contributed by atoms with Gasteiger partial charge in [0.2, 0.25) is 0 Å². The Hall–Kier alpha value is -3.68. The van der Waals surface area contributed by atoms with Gasteiger partial charge in [0.15, 0.2) is 5.76 Å². The fourth-order valence-electron chi connectivity index (χ4n) is 2.23. The van der Waals surface area contributed by atoms with Crippen LogP contribution in [0.2, 0.25) is 0 Å². The summed E-state index contributed by atoms with van der Waals surface area (Å²) in [7, 11) is 1.42. The lowest BCUT2D eigenvalue weighted by Crippen LogP contribution is -2.10. The second-order valence-electron chi connectivity index (χ2n) is 4.99. The number of carbonyl (C=O) groups excluding carboxylic acids is 1. The first-order valence-corrected chi connectivity index (χ1v) is 7.22. The predicted octanol–water partition coefficient (Wildman–Crippen LogP) is 3.51. The number of nitrogens with one attached hydrogen (secondary N) is 1. The van der Waals surface area contributed by atoms with Crippen LogP contribution in [0.25, 0.3) is 11.3 Å². The molecule has 0 aliphatic heterocycles. The lowest BCUT2D eigenvalue weighted by atomic mass is 10.1. The number of pyridine rings is 1. The maximum absolute atomic E-state index is 12.2. The van der Waals surface area contributed by atoms with E-state index in [2.05, 4.69) is 10.3 Å². The van der Waals surface area contributed by atoms with Gasteiger partial charge in [0.25, 0.3) is 11.6 Å². The predicted molar refractivity (Wildman–Crippen MR) is 89.5 cm³/mol. The molecule has 0 radical (unpaired) electrons. The van der Waals surface area contributed by atoms with E-state index in [1.165, 1.54) is 31.4 Å². The summed E-state index contributed by atoms with van der Waals surface area (Å²) in [5, 5.41) is 13.9. The van der Waals surface area contributed by atoms with E-state index in [0.29, 0.717) is 11.4 Å². The molecule has 0 aliphatic rings. The van der Waals surface area contributed by atoms with Crippen LogP contribution in [0.4, 0.5) is 11.4 Å². The zero-order valence-corrected chi connectivity index (χ0v) is 13.1. The Labute approximate surface area is 142 Å². The highest BCUT2D eigenvalue weighted by Crippen LogP contribution is 2.34. The fraction of sp³-hybridized carbons (Fsp3) is 0.0588. The van der Waals surface area contributed by atoms with Crippen LogP contribution in [-0.4, -0.2) is 22.9 Å². The largest absolute Gasteiger partial charge is 0.497 e. The Bertz CT molecular complexity index is 921. The van der Waals surface area contributed by atoms with E-state index >= 15 is 0 Å². The lowest BCUT2D eigenvalue weighted by molar-refractivity contribution is -0.384. The minimum Gasteiger partial charge on any atom is -0.497 e. The number of benzene rings is 1. The molecule has 0 aliphatic carbocycles. The third-order valence-corrected chi connectivity index (χ3v) is 3.44. The van der Waals surface area contributed by atoms with Gasteiger partial charge >= 0.3 is 0 Å². The summed E-state index contributed by atoms with van der Waals surface area (Å²) in [6.45, 7) is 0. The van der Waals surface area contributed by atoms with E-state index < -0.39 is 10.8 Å². The molecule has 0 atom stereocenters. The number of nitro benzene ring substituents is 1. The molecule has 3 rings (SSSR count). The highest BCUT2D eigenvalue weighted by molar-refractivity contribution is 6.02. The molecule has 0 fully saturated rings. The molecular weight excluding hydrogens is 326 g/mol. The minimum atomic E-state index is -0.531. The van der Waals surface area contributed by atoms with Crippen molar-refractivity contribution in [3.8, 4) is 17.1 Å². The first-order valence-electron chi connectivity index (χ1n) is 7.22. The SMILES string of the molecule is COc1ccc(-c2ccc(C(=O)Nc3ccncc3)o2)c([N+](=O)[O-])c1. The number of carbonyl (C=O) groups is 1. The number of nitro groups is 1. The number of hydrogen-bond donors (Lipinski definition) is 1. The Morgan fingerprint density at radius 1 is 1.20 bits per heavy atom. The van der Waals surface area contributed by atoms with Gasteiger partial charge in [-0.3, -0.25) is 19.9 Å². The molecule has 1 amide bonds. The molecule has 3 aromatic rings. The second kappa shape index (κ2) is 6.83. The van der Waals surface area contributed by atoms with E-state index in [1.807, 2.05) is 0 Å². The zero-order valence-electron chi connectivity index (χ0n) is 13.1. The minimum absolute atomic E-state index is 0.0388. The molecule has 0 spiro atoms. The smallest absolute Gasteiger partial charge is 0.291 e. The third kappa shape index (κ3) is 3.47. The quantitative estimate of drug-likeness (QED) is 0.563. The summed E-state index contributed by atoms with van der Waals surface area (Å²) in [4.78, 5) is 26.8. The molecule has 0 unspecified atom stereocenters. The number of hydrogen-bond acceptors (Lipinski definition) is 6. The number of aromatic nitrogens is 1. The third-order valence-electron chi connectivity index (χ3n) is 3.44. The van der Waals surface area contributed by atoms with Crippen LogP contribution in [-0.2, 0) is 0 Å². The van der Waals surface area contributed by atoms with E-state index in [-0.39, 0.29) is 22.8 Å². The van der Waals surface area contributed by atoms with Crippen LogP contribution in [0, 0.1) is 10.1 Å². The number of methoxy groups -OCH3 is 1. The Morgan fingerprint density at radius 2 is 1.96 bits per heavy atom. The van der Waals surface area contributed by atoms with Gasteiger partial charge in [0.05, 0.1) is 23.7 Å². The highest BCUT2D eigenvalue weighted by atomic mass is 16.6. The molecule has 8 heteroatoms. The van der Waals surface area contributed by atoms with Crippen LogP contribution < -0.4 is 10.1 Å². The average Bonchev–Trinajstić information content (AvgIpc) is 3.12. The molecule has 0 saturated heterocycles. The number of nitrogens with zero attached hydrogens (tertiary/aromatic N) is 2. The number of furan rings is 1. The number of rotatable bonds is 5. The van der Waals surface area contributed by atoms with E-state index in [1.54, 1.807) is 30.6 Å². The molecule has 1 N–H and O–H groups in total. The van der Waals surface area contributed by atoms with Crippen molar-refractivity contribution in [2.75, 3.05) is 12.4 Å². The first-order chi connectivity index (χ1) is 12.1. The summed E-state index contributed by atoms with van der Waals surface area (Å²) < 4.78 is 10.5. The summed E-state index contributed by atoms with van der Waals surface area (Å²) >= 11 is 0. The van der Waals surface area contributed by atoms with Crippen LogP contribution in [0.3, 0.4) is 0 Å². The van der Waals surface area contributed by atoms with E-state index in [0.717, 1.165) is 0 Å². The van der Waals surface area contributed by atoms with Gasteiger partial charge in [-0.15, -0.1) is 0 Å². The second-order valence-corrected chi connectivity index (χ2v) is 4.99. The van der Waals surface area contributed by atoms with Crippen LogP contribution in [0.1, 0.15) is 10.6 Å². The van der Waals surface area contributed by atoms with Crippen molar-refractivity contribution in [1.82, 2.24) is 4.98 Å². The van der Waals surface area contributed by atoms with Crippen molar-refractivity contribution in [2.45, 2.75) is 0 Å². The highest BCUT2D eigenvalue weighted by Gasteiger charge is 2.21. The lowest BCUT2D eigenvalue weighted by Gasteiger charge is -2.04. The standard InChI is InChI=1S/C17H13N3O5/c1-24-12-2-3-13(14(10-12)20(22)23)15-4-5-16(25-15)17(21)19-11-6-8-18-9-7-11/h2-10H,1H3,(H,18,19,21). The Morgan fingerprint density at radius 3 is 2.64 bits per heavy atom. The summed E-state index contributed by atoms with van der Waals surface area (Å²) in [6, 6.07) is 10.6. The number of ether oxygens (including phenoxy) is 1. The molecule has 25 heavy (non-hydrogen) atoms. The van der Waals surface area contributed by atoms with Crippen molar-refractivity contribution in [1.29, 1.82) is 0 Å². The summed E-state index contributed by atoms with van der Waals surface area (Å²) in [5.74, 6) is 0.150. The number of anilines is 1. The summed E-state index contributed by atoms with van der Waals surface area (Å²) in [6.07, 6.45) is 3.09. The maximum atomic E-state index is 12.2. The summed E-state index contributed by atoms with van der Waals surface area (Å²) in [5.41, 5.74) is 0.650. The molecule has 126 valence electrons. The van der Waals surface area contributed by atoms with Crippen LogP contribution in [0.5, 0.6) is 5.75 Å². The molecule has 0 bridgehead atoms. The van der Waals surface area contributed by atoms with Gasteiger partial charge in [0, 0.05) is 18.1 Å². The Kier molecular flexibility index (Phi) is 4.42. The van der Waals surface area contributed by atoms with Gasteiger partial charge in [-0.25, -0.2) is 0 Å². The van der Waals surface area contributed by atoms with Gasteiger partial charge in [-0.2, -0.15) is 0 Å². The van der Waals surface area contributed by atoms with Crippen molar-refractivity contribution in [3.63, 3.8) is 0 Å². The maximum Gasteiger partial charge on any atom is 0.291 e. The zero-order chi connectivity index (χ0) is 17.8. The van der Waals surface area contributed by atoms with Crippen molar-refractivity contribution in [2.24, 2.45) is 0 Å². The first kappa shape index (κ1) is 16.2. The molecular formula is C17H13N3O5. The van der Waals surface area contributed by atoms with Gasteiger partial charge in [0.1, 0.15) is 11.5 Å². The van der Waals surface area contributed by atoms with Gasteiger partial charge in [-0.1, -0.05) is 0 Å².